The number of nitrogens with zero attached hydrogens (tertiary/aromatic N) is 3. The van der Waals surface area contributed by atoms with E-state index in [1.807, 2.05) is 0 Å². The molecule has 134 valence electrons. The molecule has 1 fully saturated rings. The van der Waals surface area contributed by atoms with Gasteiger partial charge in [0.05, 0.1) is 12.5 Å². The summed E-state index contributed by atoms with van der Waals surface area (Å²) in [7, 11) is 0. The summed E-state index contributed by atoms with van der Waals surface area (Å²) >= 11 is 0. The van der Waals surface area contributed by atoms with Crippen molar-refractivity contribution < 1.29 is 23.5 Å². The Morgan fingerprint density at radius 1 is 1.08 bits per heavy atom. The van der Waals surface area contributed by atoms with Crippen molar-refractivity contribution >= 4 is 11.9 Å². The van der Waals surface area contributed by atoms with Crippen LogP contribution in [-0.2, 0) is 10.3 Å². The first-order valence-electron chi connectivity index (χ1n) is 8.26. The number of carbonyl (C=O) groups excluding carboxylic acids is 1. The molecule has 8 heteroatoms. The molecule has 0 aliphatic carbocycles. The van der Waals surface area contributed by atoms with Crippen LogP contribution < -0.4 is 0 Å². The van der Waals surface area contributed by atoms with Gasteiger partial charge in [-0.2, -0.15) is 5.10 Å². The van der Waals surface area contributed by atoms with Crippen molar-refractivity contribution in [3.05, 3.63) is 54.8 Å². The number of hydrogen-bond acceptors (Lipinski definition) is 5. The van der Waals surface area contributed by atoms with Crippen molar-refractivity contribution in [2.24, 2.45) is 0 Å². The minimum Gasteiger partial charge on any atom is -0.479 e. The molecular formula is C18H17N3O5. The molecule has 8 nitrogen and oxygen atoms in total. The predicted octanol–water partition coefficient (Wildman–Crippen LogP) is 2.45. The minimum absolute atomic E-state index is 0.231. The lowest BCUT2D eigenvalue weighted by atomic mass is 9.87. The van der Waals surface area contributed by atoms with E-state index in [0.29, 0.717) is 24.5 Å². The second-order valence-corrected chi connectivity index (χ2v) is 6.23. The first kappa shape index (κ1) is 16.2. The third-order valence-electron chi connectivity index (χ3n) is 4.81. The Morgan fingerprint density at radius 2 is 1.81 bits per heavy atom. The molecule has 4 heterocycles. The summed E-state index contributed by atoms with van der Waals surface area (Å²) in [5, 5.41) is 14.3. The van der Waals surface area contributed by atoms with Gasteiger partial charge in [0.15, 0.2) is 17.1 Å². The number of furan rings is 2. The lowest BCUT2D eigenvalue weighted by Gasteiger charge is -2.38. The smallest absolute Gasteiger partial charge is 0.331 e. The Labute approximate surface area is 148 Å². The number of rotatable bonds is 4. The first-order chi connectivity index (χ1) is 12.6. The predicted molar refractivity (Wildman–Crippen MR) is 89.4 cm³/mol. The number of carboxylic acid groups (broad SMARTS) is 1. The average molecular weight is 355 g/mol. The van der Waals surface area contributed by atoms with E-state index in [2.05, 4.69) is 5.10 Å². The van der Waals surface area contributed by atoms with E-state index in [4.69, 9.17) is 8.83 Å². The number of hydrogen-bond donors (Lipinski definition) is 1. The van der Waals surface area contributed by atoms with E-state index < -0.39 is 11.5 Å². The highest BCUT2D eigenvalue weighted by Gasteiger charge is 2.45. The lowest BCUT2D eigenvalue weighted by Crippen LogP contribution is -2.52. The fourth-order valence-corrected chi connectivity index (χ4v) is 3.29. The van der Waals surface area contributed by atoms with Crippen LogP contribution in [-0.4, -0.2) is 44.8 Å². The number of piperidine rings is 1. The van der Waals surface area contributed by atoms with Crippen molar-refractivity contribution in [3.8, 4) is 11.5 Å². The fourth-order valence-electron chi connectivity index (χ4n) is 3.29. The average Bonchev–Trinajstić information content (AvgIpc) is 3.43. The zero-order valence-corrected chi connectivity index (χ0v) is 13.9. The Balaban J connectivity index is 1.56. The van der Waals surface area contributed by atoms with E-state index in [0.717, 1.165) is 0 Å². The van der Waals surface area contributed by atoms with Crippen LogP contribution in [0.3, 0.4) is 0 Å². The molecule has 0 radical (unpaired) electrons. The fraction of sp³-hybridized carbons (Fsp3) is 0.278. The largest absolute Gasteiger partial charge is 0.479 e. The summed E-state index contributed by atoms with van der Waals surface area (Å²) < 4.78 is 11.9. The van der Waals surface area contributed by atoms with Crippen molar-refractivity contribution in [1.82, 2.24) is 14.7 Å². The van der Waals surface area contributed by atoms with Crippen LogP contribution in [0.4, 0.5) is 0 Å². The third kappa shape index (κ3) is 2.59. The zero-order chi connectivity index (χ0) is 18.1. The van der Waals surface area contributed by atoms with Gasteiger partial charge in [0, 0.05) is 32.1 Å². The van der Waals surface area contributed by atoms with Gasteiger partial charge in [-0.15, -0.1) is 0 Å². The Kier molecular flexibility index (Phi) is 3.87. The van der Waals surface area contributed by atoms with Crippen LogP contribution in [0.15, 0.2) is 57.9 Å². The summed E-state index contributed by atoms with van der Waals surface area (Å²) in [6.07, 6.45) is 5.15. The molecule has 0 aromatic carbocycles. The topological polar surface area (TPSA) is 102 Å². The van der Waals surface area contributed by atoms with E-state index >= 15 is 0 Å². The van der Waals surface area contributed by atoms with E-state index in [-0.39, 0.29) is 24.5 Å². The molecule has 4 rings (SSSR count). The first-order valence-corrected chi connectivity index (χ1v) is 8.26. The molecule has 1 N–H and O–H groups in total. The van der Waals surface area contributed by atoms with Crippen molar-refractivity contribution in [2.75, 3.05) is 13.1 Å². The summed E-state index contributed by atoms with van der Waals surface area (Å²) in [6.45, 7) is 0.615. The van der Waals surface area contributed by atoms with Gasteiger partial charge in [0.1, 0.15) is 5.69 Å². The SMILES string of the molecule is O=C(c1ccco1)N1CCC(C(=O)O)(n2ccc(-c3ccco3)n2)CC1. The number of amides is 1. The molecule has 0 saturated carbocycles. The molecule has 0 spiro atoms. The summed E-state index contributed by atoms with van der Waals surface area (Å²) in [5.41, 5.74) is -0.616. The standard InChI is InChI=1S/C18H17N3O5/c22-16(15-4-2-12-26-15)20-9-6-18(7-10-20,17(23)24)21-8-5-13(19-21)14-3-1-11-25-14/h1-5,8,11-12H,6-7,9-10H2,(H,23,24). The number of likely N-dealkylation sites (tertiary alicyclic amines) is 1. The molecule has 3 aromatic heterocycles. The van der Waals surface area contributed by atoms with Crippen LogP contribution in [0, 0.1) is 0 Å². The number of carbonyl (C=O) groups is 2. The van der Waals surface area contributed by atoms with Crippen molar-refractivity contribution in [1.29, 1.82) is 0 Å². The highest BCUT2D eigenvalue weighted by molar-refractivity contribution is 5.91. The molecule has 26 heavy (non-hydrogen) atoms. The van der Waals surface area contributed by atoms with Gasteiger partial charge in [-0.05, 0) is 30.3 Å². The molecule has 1 saturated heterocycles. The second kappa shape index (κ2) is 6.21. The molecule has 0 bridgehead atoms. The maximum absolute atomic E-state index is 12.4. The molecule has 0 atom stereocenters. The van der Waals surface area contributed by atoms with E-state index in [1.165, 1.54) is 10.9 Å². The molecule has 1 aliphatic rings. The zero-order valence-electron chi connectivity index (χ0n) is 13.9. The van der Waals surface area contributed by atoms with Gasteiger partial charge in [-0.1, -0.05) is 0 Å². The second-order valence-electron chi connectivity index (χ2n) is 6.23. The number of aliphatic carboxylic acids is 1. The highest BCUT2D eigenvalue weighted by atomic mass is 16.4. The normalized spacial score (nSPS) is 16.5. The lowest BCUT2D eigenvalue weighted by molar-refractivity contribution is -0.150. The van der Waals surface area contributed by atoms with Gasteiger partial charge in [-0.3, -0.25) is 9.48 Å². The van der Waals surface area contributed by atoms with Crippen LogP contribution in [0.1, 0.15) is 23.4 Å². The molecule has 1 aliphatic heterocycles. The number of carboxylic acids is 1. The highest BCUT2D eigenvalue weighted by Crippen LogP contribution is 2.32. The van der Waals surface area contributed by atoms with Gasteiger partial charge in [0.25, 0.3) is 5.91 Å². The van der Waals surface area contributed by atoms with Gasteiger partial charge < -0.3 is 18.8 Å². The van der Waals surface area contributed by atoms with Gasteiger partial charge in [0.2, 0.25) is 0 Å². The molecule has 1 amide bonds. The Hall–Kier alpha value is -3.29. The summed E-state index contributed by atoms with van der Waals surface area (Å²) in [6, 6.07) is 8.50. The van der Waals surface area contributed by atoms with Crippen LogP contribution in [0.25, 0.3) is 11.5 Å². The molecule has 0 unspecified atom stereocenters. The summed E-state index contributed by atoms with van der Waals surface area (Å²) in [5.74, 6) is -0.357. The van der Waals surface area contributed by atoms with E-state index in [1.54, 1.807) is 47.7 Å². The van der Waals surface area contributed by atoms with Crippen LogP contribution in [0.5, 0.6) is 0 Å². The molecular weight excluding hydrogens is 338 g/mol. The minimum atomic E-state index is -1.19. The maximum Gasteiger partial charge on any atom is 0.331 e. The van der Waals surface area contributed by atoms with Gasteiger partial charge in [-0.25, -0.2) is 4.79 Å². The third-order valence-corrected chi connectivity index (χ3v) is 4.81. The number of aromatic nitrogens is 2. The van der Waals surface area contributed by atoms with Crippen molar-refractivity contribution in [2.45, 2.75) is 18.4 Å². The molecule has 3 aromatic rings. The maximum atomic E-state index is 12.4. The van der Waals surface area contributed by atoms with Crippen LogP contribution in [0.2, 0.25) is 0 Å². The van der Waals surface area contributed by atoms with Crippen LogP contribution >= 0.6 is 0 Å². The monoisotopic (exact) mass is 355 g/mol. The Bertz CT molecular complexity index is 903. The Morgan fingerprint density at radius 3 is 2.42 bits per heavy atom. The van der Waals surface area contributed by atoms with Crippen molar-refractivity contribution in [3.63, 3.8) is 0 Å². The van der Waals surface area contributed by atoms with Gasteiger partial charge >= 0.3 is 5.97 Å². The summed E-state index contributed by atoms with van der Waals surface area (Å²) in [4.78, 5) is 26.1. The van der Waals surface area contributed by atoms with E-state index in [9.17, 15) is 14.7 Å². The quantitative estimate of drug-likeness (QED) is 0.771.